The van der Waals surface area contributed by atoms with Crippen LogP contribution in [0.4, 0.5) is 5.69 Å². The van der Waals surface area contributed by atoms with Crippen molar-refractivity contribution in [3.05, 3.63) is 21.6 Å². The van der Waals surface area contributed by atoms with E-state index in [-0.39, 0.29) is 10.6 Å². The molecule has 3 N–H and O–H groups in total. The molecule has 1 atom stereocenters. The Kier molecular flexibility index (Phi) is 4.02. The highest BCUT2D eigenvalue weighted by Gasteiger charge is 2.24. The Balaban J connectivity index is 2.29. The summed E-state index contributed by atoms with van der Waals surface area (Å²) < 4.78 is 0. The summed E-state index contributed by atoms with van der Waals surface area (Å²) in [5.41, 5.74) is 6.02. The molecular weight excluding hydrogens is 240 g/mol. The van der Waals surface area contributed by atoms with E-state index in [4.69, 9.17) is 17.3 Å². The second-order valence-electron chi connectivity index (χ2n) is 4.32. The molecule has 6 heteroatoms. The van der Waals surface area contributed by atoms with Crippen molar-refractivity contribution in [2.24, 2.45) is 5.73 Å². The van der Waals surface area contributed by atoms with Crippen LogP contribution in [-0.2, 0) is 0 Å². The van der Waals surface area contributed by atoms with Gasteiger partial charge in [-0.2, -0.15) is 5.10 Å². The lowest BCUT2D eigenvalue weighted by Gasteiger charge is -2.37. The molecule has 0 spiro atoms. The van der Waals surface area contributed by atoms with Gasteiger partial charge in [-0.25, -0.2) is 5.10 Å². The van der Waals surface area contributed by atoms with Gasteiger partial charge in [0.25, 0.3) is 5.56 Å². The maximum atomic E-state index is 11.4. The topological polar surface area (TPSA) is 75.0 Å². The second kappa shape index (κ2) is 5.51. The first-order valence-corrected chi connectivity index (χ1v) is 6.31. The molecule has 1 aliphatic rings. The van der Waals surface area contributed by atoms with Crippen LogP contribution in [0, 0.1) is 0 Å². The number of halogens is 1. The van der Waals surface area contributed by atoms with Crippen LogP contribution in [0.1, 0.15) is 25.7 Å². The normalized spacial score (nSPS) is 20.6. The van der Waals surface area contributed by atoms with Crippen LogP contribution < -0.4 is 16.2 Å². The standard InChI is InChI=1S/C11H17ClN4O/c12-10-9(7-14-15-11(10)17)16-6-2-1-3-8(16)4-5-13/h7-8H,1-6,13H2,(H,15,17). The Labute approximate surface area is 105 Å². The number of aromatic nitrogens is 2. The molecule has 0 saturated carbocycles. The third-order valence-corrected chi connectivity index (χ3v) is 3.58. The molecular formula is C11H17ClN4O. The molecule has 0 aromatic carbocycles. The van der Waals surface area contributed by atoms with E-state index in [1.165, 1.54) is 6.42 Å². The monoisotopic (exact) mass is 256 g/mol. The molecule has 1 fully saturated rings. The average molecular weight is 257 g/mol. The highest BCUT2D eigenvalue weighted by molar-refractivity contribution is 6.33. The van der Waals surface area contributed by atoms with Gasteiger partial charge in [0.05, 0.1) is 11.9 Å². The third kappa shape index (κ3) is 2.61. The van der Waals surface area contributed by atoms with Gasteiger partial charge >= 0.3 is 0 Å². The predicted octanol–water partition coefficient (Wildman–Crippen LogP) is 1.13. The number of hydrogen-bond donors (Lipinski definition) is 2. The van der Waals surface area contributed by atoms with Gasteiger partial charge in [-0.05, 0) is 32.2 Å². The number of nitrogens with one attached hydrogen (secondary N) is 1. The van der Waals surface area contributed by atoms with E-state index in [9.17, 15) is 4.79 Å². The maximum Gasteiger partial charge on any atom is 0.285 e. The van der Waals surface area contributed by atoms with E-state index >= 15 is 0 Å². The highest BCUT2D eigenvalue weighted by atomic mass is 35.5. The van der Waals surface area contributed by atoms with Gasteiger partial charge in [-0.3, -0.25) is 4.79 Å². The Morgan fingerprint density at radius 3 is 3.18 bits per heavy atom. The van der Waals surface area contributed by atoms with E-state index in [0.717, 1.165) is 31.5 Å². The second-order valence-corrected chi connectivity index (χ2v) is 4.70. The lowest BCUT2D eigenvalue weighted by Crippen LogP contribution is -2.41. The summed E-state index contributed by atoms with van der Waals surface area (Å²) in [7, 11) is 0. The molecule has 17 heavy (non-hydrogen) atoms. The van der Waals surface area contributed by atoms with Crippen LogP contribution in [0.15, 0.2) is 11.0 Å². The van der Waals surface area contributed by atoms with Crippen LogP contribution in [0.25, 0.3) is 0 Å². The molecule has 1 aliphatic heterocycles. The molecule has 2 heterocycles. The zero-order chi connectivity index (χ0) is 12.3. The van der Waals surface area contributed by atoms with Crippen LogP contribution >= 0.6 is 11.6 Å². The first-order chi connectivity index (χ1) is 8.24. The summed E-state index contributed by atoms with van der Waals surface area (Å²) in [6.07, 6.45) is 5.96. The molecule has 5 nitrogen and oxygen atoms in total. The quantitative estimate of drug-likeness (QED) is 0.850. The Morgan fingerprint density at radius 1 is 1.59 bits per heavy atom. The van der Waals surface area contributed by atoms with Gasteiger partial charge in [0.15, 0.2) is 0 Å². The zero-order valence-electron chi connectivity index (χ0n) is 9.66. The zero-order valence-corrected chi connectivity index (χ0v) is 10.4. The van der Waals surface area contributed by atoms with E-state index in [0.29, 0.717) is 12.6 Å². The molecule has 1 saturated heterocycles. The Morgan fingerprint density at radius 2 is 2.41 bits per heavy atom. The molecule has 1 unspecified atom stereocenters. The van der Waals surface area contributed by atoms with Crippen molar-refractivity contribution < 1.29 is 0 Å². The first-order valence-electron chi connectivity index (χ1n) is 5.94. The number of rotatable bonds is 3. The fourth-order valence-electron chi connectivity index (χ4n) is 2.38. The molecule has 2 rings (SSSR count). The smallest absolute Gasteiger partial charge is 0.285 e. The number of nitrogens with zero attached hydrogens (tertiary/aromatic N) is 2. The average Bonchev–Trinajstić information content (AvgIpc) is 2.34. The van der Waals surface area contributed by atoms with Crippen LogP contribution in [0.3, 0.4) is 0 Å². The molecule has 0 radical (unpaired) electrons. The number of nitrogens with two attached hydrogens (primary N) is 1. The van der Waals surface area contributed by atoms with Gasteiger partial charge in [0.1, 0.15) is 5.02 Å². The van der Waals surface area contributed by atoms with E-state index in [2.05, 4.69) is 15.1 Å². The minimum absolute atomic E-state index is 0.226. The Bertz CT molecular complexity index is 432. The van der Waals surface area contributed by atoms with E-state index in [1.54, 1.807) is 6.20 Å². The van der Waals surface area contributed by atoms with Crippen LogP contribution in [-0.4, -0.2) is 29.3 Å². The van der Waals surface area contributed by atoms with Crippen molar-refractivity contribution in [3.8, 4) is 0 Å². The summed E-state index contributed by atoms with van der Waals surface area (Å²) in [6, 6.07) is 0.370. The van der Waals surface area contributed by atoms with Crippen molar-refractivity contribution in [2.75, 3.05) is 18.0 Å². The number of H-pyrrole nitrogens is 1. The fraction of sp³-hybridized carbons (Fsp3) is 0.636. The van der Waals surface area contributed by atoms with Gasteiger partial charge < -0.3 is 10.6 Å². The highest BCUT2D eigenvalue weighted by Crippen LogP contribution is 2.29. The predicted molar refractivity (Wildman–Crippen MR) is 68.5 cm³/mol. The SMILES string of the molecule is NCCC1CCCCN1c1cn[nH]c(=O)c1Cl. The molecule has 1 aromatic rings. The number of piperidine rings is 1. The molecule has 1 aromatic heterocycles. The Hall–Kier alpha value is -1.07. The van der Waals surface area contributed by atoms with Gasteiger partial charge in [-0.15, -0.1) is 0 Å². The summed E-state index contributed by atoms with van der Waals surface area (Å²) in [4.78, 5) is 13.6. The van der Waals surface area contributed by atoms with Crippen molar-refractivity contribution in [1.29, 1.82) is 0 Å². The number of hydrogen-bond acceptors (Lipinski definition) is 4. The van der Waals surface area contributed by atoms with Crippen LogP contribution in [0.5, 0.6) is 0 Å². The maximum absolute atomic E-state index is 11.4. The minimum Gasteiger partial charge on any atom is -0.366 e. The molecule has 0 aliphatic carbocycles. The van der Waals surface area contributed by atoms with Crippen molar-refractivity contribution in [2.45, 2.75) is 31.7 Å². The minimum atomic E-state index is -0.332. The van der Waals surface area contributed by atoms with E-state index < -0.39 is 0 Å². The van der Waals surface area contributed by atoms with Gasteiger partial charge in [0, 0.05) is 12.6 Å². The summed E-state index contributed by atoms with van der Waals surface area (Å²) in [5, 5.41) is 6.38. The molecule has 0 bridgehead atoms. The van der Waals surface area contributed by atoms with Crippen molar-refractivity contribution in [1.82, 2.24) is 10.2 Å². The molecule has 94 valence electrons. The van der Waals surface area contributed by atoms with Crippen molar-refractivity contribution in [3.63, 3.8) is 0 Å². The molecule has 0 amide bonds. The summed E-state index contributed by atoms with van der Waals surface area (Å²) >= 11 is 6.04. The fourth-order valence-corrected chi connectivity index (χ4v) is 2.58. The summed E-state index contributed by atoms with van der Waals surface area (Å²) in [6.45, 7) is 1.56. The lowest BCUT2D eigenvalue weighted by atomic mass is 9.99. The largest absolute Gasteiger partial charge is 0.366 e. The third-order valence-electron chi connectivity index (χ3n) is 3.21. The van der Waals surface area contributed by atoms with E-state index in [1.807, 2.05) is 0 Å². The van der Waals surface area contributed by atoms with Gasteiger partial charge in [-0.1, -0.05) is 11.6 Å². The van der Waals surface area contributed by atoms with Gasteiger partial charge in [0.2, 0.25) is 0 Å². The number of anilines is 1. The lowest BCUT2D eigenvalue weighted by molar-refractivity contribution is 0.441. The van der Waals surface area contributed by atoms with Crippen molar-refractivity contribution >= 4 is 17.3 Å². The first kappa shape index (κ1) is 12.4. The number of aromatic amines is 1. The van der Waals surface area contributed by atoms with Crippen LogP contribution in [0.2, 0.25) is 5.02 Å². The summed E-state index contributed by atoms with van der Waals surface area (Å²) in [5.74, 6) is 0.